The number of hydrogen-bond donors (Lipinski definition) is 2. The van der Waals surface area contributed by atoms with Gasteiger partial charge in [0.25, 0.3) is 5.91 Å². The van der Waals surface area contributed by atoms with E-state index >= 15 is 0 Å². The molecule has 0 fully saturated rings. The van der Waals surface area contributed by atoms with Crippen LogP contribution in [-0.2, 0) is 0 Å². The first-order chi connectivity index (χ1) is 20.8. The van der Waals surface area contributed by atoms with Crippen molar-refractivity contribution >= 4 is 72.5 Å². The van der Waals surface area contributed by atoms with Gasteiger partial charge in [0.05, 0.1) is 28.9 Å². The van der Waals surface area contributed by atoms with E-state index in [1.807, 2.05) is 30.3 Å². The minimum absolute atomic E-state index is 0.0877. The topological polar surface area (TPSA) is 111 Å². The molecule has 0 atom stereocenters. The van der Waals surface area contributed by atoms with Crippen molar-refractivity contribution < 1.29 is 28.5 Å². The zero-order valence-corrected chi connectivity index (χ0v) is 26.2. The maximum atomic E-state index is 13.5. The van der Waals surface area contributed by atoms with Gasteiger partial charge in [-0.05, 0) is 58.4 Å². The number of hydrazone groups is 1. The Morgan fingerprint density at radius 3 is 2.65 bits per heavy atom. The number of amides is 1. The monoisotopic (exact) mass is 723 g/mol. The van der Waals surface area contributed by atoms with Crippen LogP contribution in [0.5, 0.6) is 23.0 Å². The van der Waals surface area contributed by atoms with Crippen molar-refractivity contribution in [3.05, 3.63) is 104 Å². The van der Waals surface area contributed by atoms with Crippen LogP contribution < -0.4 is 24.4 Å². The van der Waals surface area contributed by atoms with Gasteiger partial charge in [0.1, 0.15) is 11.4 Å². The van der Waals surface area contributed by atoms with Crippen LogP contribution in [0.4, 0.5) is 0 Å². The fourth-order valence-corrected chi connectivity index (χ4v) is 6.22. The van der Waals surface area contributed by atoms with E-state index < -0.39 is 11.9 Å². The number of aromatic nitrogens is 1. The number of para-hydroxylation sites is 1. The number of carbonyl (C=O) groups excluding carboxylic acids is 2. The second-order valence-electron chi connectivity index (χ2n) is 9.20. The maximum Gasteiger partial charge on any atom is 0.343 e. The number of hydrogen-bond acceptors (Lipinski definition) is 7. The lowest BCUT2D eigenvalue weighted by molar-refractivity contribution is 0.0732. The summed E-state index contributed by atoms with van der Waals surface area (Å²) in [6.45, 7) is 0.0877. The molecule has 4 aromatic carbocycles. The minimum Gasteiger partial charge on any atom is -0.495 e. The van der Waals surface area contributed by atoms with Crippen molar-refractivity contribution in [3.8, 4) is 34.1 Å². The summed E-state index contributed by atoms with van der Waals surface area (Å²) in [6, 6.07) is 21.0. The van der Waals surface area contributed by atoms with Gasteiger partial charge in [0.2, 0.25) is 6.79 Å². The number of fused-ring (bicyclic) bond motifs is 2. The summed E-state index contributed by atoms with van der Waals surface area (Å²) in [5, 5.41) is 5.42. The number of methoxy groups -OCH3 is 1. The van der Waals surface area contributed by atoms with E-state index in [9.17, 15) is 9.59 Å². The molecular formula is C31H20Br2ClN3O6. The van der Waals surface area contributed by atoms with Gasteiger partial charge in [0, 0.05) is 31.6 Å². The fraction of sp³-hybridized carbons (Fsp3) is 0.0645. The molecule has 0 saturated carbocycles. The Morgan fingerprint density at radius 2 is 1.84 bits per heavy atom. The highest BCUT2D eigenvalue weighted by Gasteiger charge is 2.23. The predicted octanol–water partition coefficient (Wildman–Crippen LogP) is 7.73. The SMILES string of the molecule is COc1cccc2c(-c3ccccc3Cl)c(C(=O)NN=Cc3cc(Br)cc(Br)c3OC(=O)c3ccc4c(c3)OCO4)[nH]c12. The average Bonchev–Trinajstić information content (AvgIpc) is 3.63. The van der Waals surface area contributed by atoms with Gasteiger partial charge in [-0.15, -0.1) is 0 Å². The van der Waals surface area contributed by atoms with E-state index in [4.69, 9.17) is 30.5 Å². The summed E-state index contributed by atoms with van der Waals surface area (Å²) in [5.41, 5.74) is 5.43. The Bertz CT molecular complexity index is 1940. The van der Waals surface area contributed by atoms with Crippen LogP contribution in [0, 0.1) is 0 Å². The number of benzene rings is 4. The third-order valence-electron chi connectivity index (χ3n) is 6.60. The summed E-state index contributed by atoms with van der Waals surface area (Å²) in [6.07, 6.45) is 1.38. The lowest BCUT2D eigenvalue weighted by Crippen LogP contribution is -2.19. The highest BCUT2D eigenvalue weighted by atomic mass is 79.9. The first kappa shape index (κ1) is 28.8. The van der Waals surface area contributed by atoms with Gasteiger partial charge in [0.15, 0.2) is 17.2 Å². The van der Waals surface area contributed by atoms with E-state index in [-0.39, 0.29) is 23.8 Å². The van der Waals surface area contributed by atoms with Crippen LogP contribution in [0.15, 0.2) is 86.8 Å². The number of rotatable bonds is 7. The molecule has 0 radical (unpaired) electrons. The molecule has 43 heavy (non-hydrogen) atoms. The molecule has 0 bridgehead atoms. The lowest BCUT2D eigenvalue weighted by Gasteiger charge is -2.11. The quantitative estimate of drug-likeness (QED) is 0.0769. The Kier molecular flexibility index (Phi) is 8.11. The molecule has 1 aliphatic rings. The molecular weight excluding hydrogens is 706 g/mol. The molecule has 5 aromatic rings. The van der Waals surface area contributed by atoms with Crippen LogP contribution >= 0.6 is 43.5 Å². The van der Waals surface area contributed by atoms with Crippen LogP contribution in [0.25, 0.3) is 22.0 Å². The molecule has 0 aliphatic carbocycles. The molecule has 216 valence electrons. The molecule has 0 saturated heterocycles. The predicted molar refractivity (Wildman–Crippen MR) is 170 cm³/mol. The summed E-state index contributed by atoms with van der Waals surface area (Å²) >= 11 is 13.4. The molecule has 9 nitrogen and oxygen atoms in total. The van der Waals surface area contributed by atoms with Crippen LogP contribution in [0.2, 0.25) is 5.02 Å². The molecule has 12 heteroatoms. The van der Waals surface area contributed by atoms with Crippen LogP contribution in [0.3, 0.4) is 0 Å². The molecule has 0 spiro atoms. The Hall–Kier alpha value is -4.32. The van der Waals surface area contributed by atoms with Crippen molar-refractivity contribution in [2.75, 3.05) is 13.9 Å². The second-order valence-corrected chi connectivity index (χ2v) is 11.4. The third-order valence-corrected chi connectivity index (χ3v) is 7.97. The zero-order chi connectivity index (χ0) is 30.1. The van der Waals surface area contributed by atoms with E-state index in [0.29, 0.717) is 53.4 Å². The maximum absolute atomic E-state index is 13.5. The van der Waals surface area contributed by atoms with Crippen LogP contribution in [-0.4, -0.2) is 37.0 Å². The number of nitrogens with one attached hydrogen (secondary N) is 2. The molecule has 0 unspecified atom stereocenters. The minimum atomic E-state index is -0.614. The largest absolute Gasteiger partial charge is 0.495 e. The summed E-state index contributed by atoms with van der Waals surface area (Å²) in [4.78, 5) is 29.7. The van der Waals surface area contributed by atoms with Gasteiger partial charge >= 0.3 is 5.97 Å². The van der Waals surface area contributed by atoms with Crippen molar-refractivity contribution in [1.82, 2.24) is 10.4 Å². The van der Waals surface area contributed by atoms with Gasteiger partial charge in [-0.2, -0.15) is 5.10 Å². The van der Waals surface area contributed by atoms with Crippen molar-refractivity contribution in [2.45, 2.75) is 0 Å². The van der Waals surface area contributed by atoms with Crippen LogP contribution in [0.1, 0.15) is 26.4 Å². The molecule has 1 aliphatic heterocycles. The fourth-order valence-electron chi connectivity index (χ4n) is 4.65. The highest BCUT2D eigenvalue weighted by molar-refractivity contribution is 9.11. The van der Waals surface area contributed by atoms with Gasteiger partial charge < -0.3 is 23.9 Å². The van der Waals surface area contributed by atoms with Gasteiger partial charge in [-0.25, -0.2) is 10.2 Å². The number of ether oxygens (including phenoxy) is 4. The Labute approximate surface area is 267 Å². The normalized spacial score (nSPS) is 12.1. The molecule has 2 heterocycles. The van der Waals surface area contributed by atoms with E-state index in [1.165, 1.54) is 6.21 Å². The number of esters is 1. The van der Waals surface area contributed by atoms with Gasteiger partial charge in [-0.1, -0.05) is 57.9 Å². The first-order valence-corrected chi connectivity index (χ1v) is 14.7. The Balaban J connectivity index is 1.30. The Morgan fingerprint density at radius 1 is 1.02 bits per heavy atom. The summed E-state index contributed by atoms with van der Waals surface area (Å²) in [7, 11) is 1.56. The lowest BCUT2D eigenvalue weighted by atomic mass is 10.0. The number of H-pyrrole nitrogens is 1. The molecule has 6 rings (SSSR count). The van der Waals surface area contributed by atoms with E-state index in [1.54, 1.807) is 49.6 Å². The summed E-state index contributed by atoms with van der Waals surface area (Å²) < 4.78 is 23.1. The number of aromatic amines is 1. The van der Waals surface area contributed by atoms with E-state index in [0.717, 1.165) is 5.39 Å². The third kappa shape index (κ3) is 5.71. The standard InChI is InChI=1S/C31H20Br2ClN3O6/c1-40-24-8-4-6-20-26(19-5-2-3-7-22(19)34)28(36-27(20)24)30(38)37-35-14-17-11-18(32)13-21(33)29(17)43-31(39)16-9-10-23-25(12-16)42-15-41-23/h2-14,36H,15H2,1H3,(H,37,38). The highest BCUT2D eigenvalue weighted by Crippen LogP contribution is 2.40. The average molecular weight is 726 g/mol. The van der Waals surface area contributed by atoms with E-state index in [2.05, 4.69) is 47.4 Å². The number of carbonyl (C=O) groups is 2. The number of halogens is 3. The number of nitrogens with zero attached hydrogens (tertiary/aromatic N) is 1. The van der Waals surface area contributed by atoms with Gasteiger partial charge in [-0.3, -0.25) is 4.79 Å². The smallest absolute Gasteiger partial charge is 0.343 e. The molecule has 1 aromatic heterocycles. The van der Waals surface area contributed by atoms with Crippen molar-refractivity contribution in [1.29, 1.82) is 0 Å². The molecule has 2 N–H and O–H groups in total. The molecule has 1 amide bonds. The first-order valence-electron chi connectivity index (χ1n) is 12.7. The summed E-state index contributed by atoms with van der Waals surface area (Å²) in [5.74, 6) is 0.654. The zero-order valence-electron chi connectivity index (χ0n) is 22.2. The van der Waals surface area contributed by atoms with Crippen molar-refractivity contribution in [2.24, 2.45) is 5.10 Å². The second kappa shape index (κ2) is 12.1. The van der Waals surface area contributed by atoms with Crippen molar-refractivity contribution in [3.63, 3.8) is 0 Å².